The molecule has 0 fully saturated rings. The first-order valence-corrected chi connectivity index (χ1v) is 4.91. The van der Waals surface area contributed by atoms with Gasteiger partial charge in [0.1, 0.15) is 0 Å². The Hall–Kier alpha value is -0.980. The SMILES string of the molecule is CC1=C(C)Cc2c(C)[nH]c(C)c2C1. The second-order valence-electron chi connectivity index (χ2n) is 4.25. The average molecular weight is 175 g/mol. The Kier molecular flexibility index (Phi) is 1.83. The van der Waals surface area contributed by atoms with Gasteiger partial charge in [-0.15, -0.1) is 0 Å². The number of allylic oxidation sites excluding steroid dienone is 2. The van der Waals surface area contributed by atoms with E-state index in [9.17, 15) is 0 Å². The van der Waals surface area contributed by atoms with Crippen LogP contribution in [0.2, 0.25) is 0 Å². The molecule has 0 bridgehead atoms. The zero-order chi connectivity index (χ0) is 9.59. The van der Waals surface area contributed by atoms with E-state index in [2.05, 4.69) is 32.7 Å². The van der Waals surface area contributed by atoms with Crippen LogP contribution in [-0.4, -0.2) is 4.98 Å². The van der Waals surface area contributed by atoms with Gasteiger partial charge in [0.05, 0.1) is 0 Å². The van der Waals surface area contributed by atoms with Crippen LogP contribution in [0.25, 0.3) is 0 Å². The summed E-state index contributed by atoms with van der Waals surface area (Å²) >= 11 is 0. The minimum Gasteiger partial charge on any atom is -0.362 e. The van der Waals surface area contributed by atoms with Gasteiger partial charge in [-0.2, -0.15) is 0 Å². The lowest BCUT2D eigenvalue weighted by Gasteiger charge is -2.16. The smallest absolute Gasteiger partial charge is 0.0156 e. The maximum absolute atomic E-state index is 3.43. The predicted molar refractivity (Wildman–Crippen MR) is 56.0 cm³/mol. The molecule has 1 nitrogen and oxygen atoms in total. The second-order valence-corrected chi connectivity index (χ2v) is 4.25. The summed E-state index contributed by atoms with van der Waals surface area (Å²) in [7, 11) is 0. The molecule has 0 saturated heterocycles. The highest BCUT2D eigenvalue weighted by molar-refractivity contribution is 5.45. The molecule has 0 aliphatic heterocycles. The van der Waals surface area contributed by atoms with E-state index >= 15 is 0 Å². The Morgan fingerprint density at radius 1 is 0.769 bits per heavy atom. The van der Waals surface area contributed by atoms with Gasteiger partial charge in [-0.3, -0.25) is 0 Å². The molecule has 0 saturated carbocycles. The molecule has 70 valence electrons. The third-order valence-electron chi connectivity index (χ3n) is 3.26. The van der Waals surface area contributed by atoms with Crippen LogP contribution in [0.1, 0.15) is 36.4 Å². The average Bonchev–Trinajstić information content (AvgIpc) is 2.31. The fourth-order valence-electron chi connectivity index (χ4n) is 2.20. The van der Waals surface area contributed by atoms with Gasteiger partial charge < -0.3 is 4.98 Å². The standard InChI is InChI=1S/C12H17N/c1-7-5-11-9(3)13-10(4)12(11)6-8(7)2/h13H,5-6H2,1-4H3. The molecule has 0 radical (unpaired) electrons. The molecule has 0 spiro atoms. The lowest BCUT2D eigenvalue weighted by molar-refractivity contribution is 0.949. The predicted octanol–water partition coefficient (Wildman–Crippen LogP) is 3.07. The molecule has 1 heterocycles. The molecule has 1 aromatic heterocycles. The summed E-state index contributed by atoms with van der Waals surface area (Å²) in [5, 5.41) is 0. The Morgan fingerprint density at radius 2 is 1.15 bits per heavy atom. The number of aryl methyl sites for hydroxylation is 2. The van der Waals surface area contributed by atoms with Gasteiger partial charge in [-0.25, -0.2) is 0 Å². The fraction of sp³-hybridized carbons (Fsp3) is 0.500. The third kappa shape index (κ3) is 1.23. The molecule has 1 N–H and O–H groups in total. The van der Waals surface area contributed by atoms with Gasteiger partial charge >= 0.3 is 0 Å². The van der Waals surface area contributed by atoms with Crippen LogP contribution in [0, 0.1) is 13.8 Å². The van der Waals surface area contributed by atoms with Gasteiger partial charge in [-0.1, -0.05) is 11.1 Å². The van der Waals surface area contributed by atoms with Crippen LogP contribution < -0.4 is 0 Å². The van der Waals surface area contributed by atoms with Crippen molar-refractivity contribution in [1.29, 1.82) is 0 Å². The summed E-state index contributed by atoms with van der Waals surface area (Å²) in [6, 6.07) is 0. The first-order chi connectivity index (χ1) is 6.09. The van der Waals surface area contributed by atoms with Crippen LogP contribution >= 0.6 is 0 Å². The van der Waals surface area contributed by atoms with E-state index in [1.165, 1.54) is 11.4 Å². The lowest BCUT2D eigenvalue weighted by Crippen LogP contribution is -2.04. The molecule has 0 amide bonds. The Morgan fingerprint density at radius 3 is 1.54 bits per heavy atom. The third-order valence-corrected chi connectivity index (χ3v) is 3.26. The summed E-state index contributed by atoms with van der Waals surface area (Å²) in [6.45, 7) is 8.86. The largest absolute Gasteiger partial charge is 0.362 e. The number of fused-ring (bicyclic) bond motifs is 1. The zero-order valence-corrected chi connectivity index (χ0v) is 8.91. The Labute approximate surface area is 79.9 Å². The lowest BCUT2D eigenvalue weighted by atomic mass is 9.88. The quantitative estimate of drug-likeness (QED) is 0.583. The van der Waals surface area contributed by atoms with E-state index in [1.54, 1.807) is 22.3 Å². The fourth-order valence-corrected chi connectivity index (χ4v) is 2.20. The molecule has 0 atom stereocenters. The summed E-state index contributed by atoms with van der Waals surface area (Å²) < 4.78 is 0. The second kappa shape index (κ2) is 2.76. The molecular formula is C12H17N. The number of H-pyrrole nitrogens is 1. The van der Waals surface area contributed by atoms with Crippen molar-refractivity contribution in [2.24, 2.45) is 0 Å². The normalized spacial score (nSPS) is 16.3. The van der Waals surface area contributed by atoms with Crippen LogP contribution in [0.15, 0.2) is 11.1 Å². The highest BCUT2D eigenvalue weighted by Gasteiger charge is 2.18. The highest BCUT2D eigenvalue weighted by Crippen LogP contribution is 2.29. The minimum atomic E-state index is 1.15. The molecule has 1 heteroatoms. The molecule has 0 aromatic carbocycles. The number of aromatic amines is 1. The van der Waals surface area contributed by atoms with Gasteiger partial charge in [0.15, 0.2) is 0 Å². The van der Waals surface area contributed by atoms with E-state index in [4.69, 9.17) is 0 Å². The highest BCUT2D eigenvalue weighted by atomic mass is 14.7. The van der Waals surface area contributed by atoms with Crippen LogP contribution in [0.4, 0.5) is 0 Å². The van der Waals surface area contributed by atoms with Crippen molar-refractivity contribution in [3.8, 4) is 0 Å². The molecule has 1 aromatic rings. The van der Waals surface area contributed by atoms with Gasteiger partial charge in [0.25, 0.3) is 0 Å². The van der Waals surface area contributed by atoms with Gasteiger partial charge in [0, 0.05) is 11.4 Å². The molecule has 1 aliphatic carbocycles. The number of hydrogen-bond acceptors (Lipinski definition) is 0. The van der Waals surface area contributed by atoms with Gasteiger partial charge in [0.2, 0.25) is 0 Å². The van der Waals surface area contributed by atoms with Crippen molar-refractivity contribution in [3.05, 3.63) is 33.7 Å². The van der Waals surface area contributed by atoms with Crippen LogP contribution in [0.5, 0.6) is 0 Å². The van der Waals surface area contributed by atoms with Gasteiger partial charge in [-0.05, 0) is 51.7 Å². The topological polar surface area (TPSA) is 15.8 Å². The molecule has 13 heavy (non-hydrogen) atoms. The van der Waals surface area contributed by atoms with Crippen LogP contribution in [-0.2, 0) is 12.8 Å². The van der Waals surface area contributed by atoms with Crippen molar-refractivity contribution in [1.82, 2.24) is 4.98 Å². The Balaban J connectivity index is 2.52. The number of rotatable bonds is 0. The number of nitrogens with one attached hydrogen (secondary N) is 1. The monoisotopic (exact) mass is 175 g/mol. The van der Waals surface area contributed by atoms with E-state index in [0.29, 0.717) is 0 Å². The van der Waals surface area contributed by atoms with E-state index in [1.807, 2.05) is 0 Å². The van der Waals surface area contributed by atoms with E-state index in [-0.39, 0.29) is 0 Å². The van der Waals surface area contributed by atoms with Crippen molar-refractivity contribution in [2.75, 3.05) is 0 Å². The zero-order valence-electron chi connectivity index (χ0n) is 8.91. The minimum absolute atomic E-state index is 1.15. The number of hydrogen-bond donors (Lipinski definition) is 1. The van der Waals surface area contributed by atoms with E-state index < -0.39 is 0 Å². The summed E-state index contributed by atoms with van der Waals surface area (Å²) in [5.41, 5.74) is 8.91. The Bertz CT molecular complexity index is 346. The van der Waals surface area contributed by atoms with Crippen molar-refractivity contribution < 1.29 is 0 Å². The first kappa shape index (κ1) is 8.61. The van der Waals surface area contributed by atoms with E-state index in [0.717, 1.165) is 12.8 Å². The molecule has 2 rings (SSSR count). The summed E-state index contributed by atoms with van der Waals surface area (Å²) in [5.74, 6) is 0. The van der Waals surface area contributed by atoms with Crippen LogP contribution in [0.3, 0.4) is 0 Å². The molecule has 1 aliphatic rings. The molecule has 0 unspecified atom stereocenters. The number of aromatic nitrogens is 1. The maximum atomic E-state index is 3.43. The molecular weight excluding hydrogens is 158 g/mol. The van der Waals surface area contributed by atoms with Crippen molar-refractivity contribution >= 4 is 0 Å². The first-order valence-electron chi connectivity index (χ1n) is 4.91. The van der Waals surface area contributed by atoms with Crippen molar-refractivity contribution in [3.63, 3.8) is 0 Å². The summed E-state index contributed by atoms with van der Waals surface area (Å²) in [4.78, 5) is 3.43. The summed E-state index contributed by atoms with van der Waals surface area (Å²) in [6.07, 6.45) is 2.30. The van der Waals surface area contributed by atoms with Crippen molar-refractivity contribution in [2.45, 2.75) is 40.5 Å². The maximum Gasteiger partial charge on any atom is 0.0156 e.